The van der Waals surface area contributed by atoms with Crippen molar-refractivity contribution in [2.24, 2.45) is 0 Å². The maximum Gasteiger partial charge on any atom is 0.324 e. The van der Waals surface area contributed by atoms with Gasteiger partial charge in [0.1, 0.15) is 0 Å². The van der Waals surface area contributed by atoms with Gasteiger partial charge in [0.2, 0.25) is 0 Å². The molecule has 0 radical (unpaired) electrons. The van der Waals surface area contributed by atoms with Gasteiger partial charge in [-0.25, -0.2) is 0 Å². The first-order valence-electron chi connectivity index (χ1n) is 3.20. The monoisotopic (exact) mass is 220 g/mol. The minimum absolute atomic E-state index is 0.456. The molecule has 0 aromatic carbocycles. The third-order valence-electron chi connectivity index (χ3n) is 0.524. The summed E-state index contributed by atoms with van der Waals surface area (Å²) in [6.45, 7) is 4.47. The molecule has 0 aromatic heterocycles. The highest BCUT2D eigenvalue weighted by molar-refractivity contribution is 7.38. The summed E-state index contributed by atoms with van der Waals surface area (Å²) in [5.41, 5.74) is 0. The molecule has 0 aromatic rings. The summed E-state index contributed by atoms with van der Waals surface area (Å²) >= 11 is 0. The van der Waals surface area contributed by atoms with Gasteiger partial charge in [-0.15, -0.1) is 0 Å². The van der Waals surface area contributed by atoms with Crippen LogP contribution >= 0.6 is 16.9 Å². The molecule has 8 heteroatoms. The minimum atomic E-state index is -2.62. The van der Waals surface area contributed by atoms with Gasteiger partial charge in [-0.2, -0.15) is 0 Å². The van der Waals surface area contributed by atoms with Crippen LogP contribution in [0.4, 0.5) is 0 Å². The second-order valence-corrected chi connectivity index (χ2v) is 3.00. The molecule has 0 atom stereocenters. The zero-order chi connectivity index (χ0) is 9.98. The van der Waals surface area contributed by atoms with Crippen molar-refractivity contribution in [3.05, 3.63) is 0 Å². The Bertz CT molecular complexity index is 97.0. The molecule has 0 aliphatic carbocycles. The van der Waals surface area contributed by atoms with E-state index in [1.54, 1.807) is 13.8 Å². The van der Waals surface area contributed by atoms with Crippen LogP contribution in [0.25, 0.3) is 0 Å². The van der Waals surface area contributed by atoms with Gasteiger partial charge in [-0.1, -0.05) is 0 Å². The summed E-state index contributed by atoms with van der Waals surface area (Å²) in [7, 11) is -4.76. The summed E-state index contributed by atoms with van der Waals surface area (Å²) < 4.78 is 19.6. The van der Waals surface area contributed by atoms with E-state index in [0.29, 0.717) is 13.2 Å². The fraction of sp³-hybridized carbons (Fsp3) is 1.00. The third-order valence-corrected chi connectivity index (χ3v) is 1.57. The van der Waals surface area contributed by atoms with E-state index in [1.807, 2.05) is 0 Å². The molecule has 0 bridgehead atoms. The first kappa shape index (κ1) is 15.0. The van der Waals surface area contributed by atoms with Gasteiger partial charge in [0.05, 0.1) is 13.2 Å². The predicted molar refractivity (Wildman–Crippen MR) is 45.8 cm³/mol. The zero-order valence-electron chi connectivity index (χ0n) is 6.93. The first-order chi connectivity index (χ1) is 5.54. The lowest BCUT2D eigenvalue weighted by molar-refractivity contribution is 0.243. The smallest absolute Gasteiger partial charge is 0.324 e. The molecular weight excluding hydrogens is 206 g/mol. The Morgan fingerprint density at radius 3 is 1.58 bits per heavy atom. The average Bonchev–Trinajstić information content (AvgIpc) is 1.87. The molecule has 0 saturated heterocycles. The average molecular weight is 220 g/mol. The quantitative estimate of drug-likeness (QED) is 0.601. The Balaban J connectivity index is 0. The lowest BCUT2D eigenvalue weighted by Crippen LogP contribution is -1.81. The van der Waals surface area contributed by atoms with Gasteiger partial charge in [-0.05, 0) is 13.8 Å². The predicted octanol–water partition coefficient (Wildman–Crippen LogP) is 0.639. The highest BCUT2D eigenvalue weighted by Crippen LogP contribution is 2.21. The molecule has 0 amide bonds. The van der Waals surface area contributed by atoms with E-state index in [4.69, 9.17) is 14.7 Å². The van der Waals surface area contributed by atoms with Crippen LogP contribution in [0.5, 0.6) is 0 Å². The van der Waals surface area contributed by atoms with Crippen molar-refractivity contribution >= 4 is 16.9 Å². The van der Waals surface area contributed by atoms with Crippen LogP contribution in [0.3, 0.4) is 0 Å². The van der Waals surface area contributed by atoms with Crippen molar-refractivity contribution in [1.82, 2.24) is 0 Å². The van der Waals surface area contributed by atoms with E-state index in [9.17, 15) is 4.57 Å². The van der Waals surface area contributed by atoms with E-state index in [2.05, 4.69) is 9.05 Å². The number of hydrogen-bond donors (Lipinski definition) is 3. The molecular formula is C4H14O6P2. The molecule has 3 N–H and O–H groups in total. The van der Waals surface area contributed by atoms with Crippen molar-refractivity contribution < 1.29 is 28.3 Å². The summed E-state index contributed by atoms with van der Waals surface area (Å²) in [4.78, 5) is 21.7. The second-order valence-electron chi connectivity index (χ2n) is 1.38. The molecule has 0 unspecified atom stereocenters. The van der Waals surface area contributed by atoms with Gasteiger partial charge >= 0.3 is 16.9 Å². The standard InChI is InChI=1S/C4H11O3P.H3O3P/c1-3-6-8(5)7-4-2;1-4(2)3/h8H,3-4H2,1-2H3;1-3H. The Hall–Kier alpha value is 0.460. The Labute approximate surface area is 73.1 Å². The molecule has 76 valence electrons. The minimum Gasteiger partial charge on any atom is -0.328 e. The molecule has 0 rings (SSSR count). The van der Waals surface area contributed by atoms with Gasteiger partial charge in [0.15, 0.2) is 0 Å². The maximum atomic E-state index is 10.4. The topological polar surface area (TPSA) is 96.2 Å². The molecule has 0 heterocycles. The summed E-state index contributed by atoms with van der Waals surface area (Å²) in [6.07, 6.45) is 0. The van der Waals surface area contributed by atoms with Crippen LogP contribution < -0.4 is 0 Å². The molecule has 6 nitrogen and oxygen atoms in total. The van der Waals surface area contributed by atoms with Crippen LogP contribution in [-0.2, 0) is 13.6 Å². The summed E-state index contributed by atoms with van der Waals surface area (Å²) in [6, 6.07) is 0. The molecule has 12 heavy (non-hydrogen) atoms. The van der Waals surface area contributed by atoms with Gasteiger partial charge < -0.3 is 23.7 Å². The van der Waals surface area contributed by atoms with E-state index in [0.717, 1.165) is 0 Å². The fourth-order valence-electron chi connectivity index (χ4n) is 0.277. The van der Waals surface area contributed by atoms with Gasteiger partial charge in [0.25, 0.3) is 0 Å². The molecule has 0 aliphatic rings. The van der Waals surface area contributed by atoms with E-state index in [-0.39, 0.29) is 0 Å². The fourth-order valence-corrected chi connectivity index (χ4v) is 0.832. The normalized spacial score (nSPS) is 9.92. The molecule has 0 spiro atoms. The second kappa shape index (κ2) is 11.5. The zero-order valence-corrected chi connectivity index (χ0v) is 8.82. The SMILES string of the molecule is CCO[PH](=O)OCC.OP(O)O. The van der Waals surface area contributed by atoms with Gasteiger partial charge in [0, 0.05) is 0 Å². The van der Waals surface area contributed by atoms with E-state index >= 15 is 0 Å². The van der Waals surface area contributed by atoms with Crippen molar-refractivity contribution in [2.75, 3.05) is 13.2 Å². The Kier molecular flexibility index (Phi) is 14.3. The maximum absolute atomic E-state index is 10.4. The summed E-state index contributed by atoms with van der Waals surface area (Å²) in [5, 5.41) is 0. The third kappa shape index (κ3) is 22.4. The van der Waals surface area contributed by atoms with Crippen LogP contribution in [-0.4, -0.2) is 27.9 Å². The first-order valence-corrected chi connectivity index (χ1v) is 5.63. The Morgan fingerprint density at radius 2 is 1.42 bits per heavy atom. The van der Waals surface area contributed by atoms with Crippen LogP contribution in [0.1, 0.15) is 13.8 Å². The van der Waals surface area contributed by atoms with Crippen molar-refractivity contribution in [2.45, 2.75) is 13.8 Å². The van der Waals surface area contributed by atoms with Crippen LogP contribution in [0, 0.1) is 0 Å². The highest BCUT2D eigenvalue weighted by Gasteiger charge is 1.91. The molecule has 0 aliphatic heterocycles. The van der Waals surface area contributed by atoms with Crippen molar-refractivity contribution in [1.29, 1.82) is 0 Å². The van der Waals surface area contributed by atoms with Crippen molar-refractivity contribution in [3.63, 3.8) is 0 Å². The Morgan fingerprint density at radius 1 is 1.17 bits per heavy atom. The van der Waals surface area contributed by atoms with Crippen LogP contribution in [0.15, 0.2) is 0 Å². The molecule has 0 saturated carbocycles. The van der Waals surface area contributed by atoms with Crippen molar-refractivity contribution in [3.8, 4) is 0 Å². The van der Waals surface area contributed by atoms with Gasteiger partial charge in [-0.3, -0.25) is 4.57 Å². The lowest BCUT2D eigenvalue weighted by Gasteiger charge is -1.97. The number of rotatable bonds is 4. The largest absolute Gasteiger partial charge is 0.328 e. The molecule has 0 fully saturated rings. The highest BCUT2D eigenvalue weighted by atomic mass is 31.2. The van der Waals surface area contributed by atoms with E-state index in [1.165, 1.54) is 0 Å². The summed E-state index contributed by atoms with van der Waals surface area (Å²) in [5.74, 6) is 0. The lowest BCUT2D eigenvalue weighted by atomic mass is 10.9. The number of hydrogen-bond acceptors (Lipinski definition) is 6. The van der Waals surface area contributed by atoms with Crippen LogP contribution in [0.2, 0.25) is 0 Å². The van der Waals surface area contributed by atoms with E-state index < -0.39 is 16.9 Å².